The molecule has 4 heterocycles. The molecule has 0 aliphatic carbocycles. The highest BCUT2D eigenvalue weighted by molar-refractivity contribution is 5.94. The van der Waals surface area contributed by atoms with Gasteiger partial charge in [0.05, 0.1) is 31.0 Å². The van der Waals surface area contributed by atoms with Gasteiger partial charge < -0.3 is 10.2 Å². The van der Waals surface area contributed by atoms with Crippen molar-refractivity contribution in [2.75, 3.05) is 6.54 Å². The maximum Gasteiger partial charge on any atom is 0.251 e. The molecule has 3 aromatic heterocycles. The van der Waals surface area contributed by atoms with Crippen LogP contribution < -0.4 is 5.32 Å². The summed E-state index contributed by atoms with van der Waals surface area (Å²) in [5.41, 5.74) is 2.74. The summed E-state index contributed by atoms with van der Waals surface area (Å²) in [4.78, 5) is 26.4. The van der Waals surface area contributed by atoms with E-state index in [9.17, 15) is 9.59 Å². The van der Waals surface area contributed by atoms with Gasteiger partial charge >= 0.3 is 0 Å². The average Bonchev–Trinajstić information content (AvgIpc) is 3.30. The zero-order valence-corrected chi connectivity index (χ0v) is 15.2. The van der Waals surface area contributed by atoms with Crippen LogP contribution in [0.1, 0.15) is 35.6 Å². The Balaban J connectivity index is 1.41. The number of amides is 2. The number of hydrogen-bond acceptors (Lipinski definition) is 6. The number of hydrogen-bond donors (Lipinski definition) is 1. The maximum atomic E-state index is 12.4. The summed E-state index contributed by atoms with van der Waals surface area (Å²) in [5, 5.41) is 18.5. The topological polar surface area (TPSA) is 110 Å². The van der Waals surface area contributed by atoms with Gasteiger partial charge in [-0.15, -0.1) is 5.10 Å². The van der Waals surface area contributed by atoms with Crippen molar-refractivity contribution >= 4 is 17.5 Å². The van der Waals surface area contributed by atoms with Crippen LogP contribution in [0.4, 0.5) is 0 Å². The fourth-order valence-corrected chi connectivity index (χ4v) is 3.12. The normalized spacial score (nSPS) is 13.8. The summed E-state index contributed by atoms with van der Waals surface area (Å²) < 4.78 is 3.39. The van der Waals surface area contributed by atoms with Gasteiger partial charge in [-0.2, -0.15) is 5.10 Å². The maximum absolute atomic E-state index is 12.4. The molecule has 1 aliphatic heterocycles. The van der Waals surface area contributed by atoms with Crippen LogP contribution >= 0.6 is 0 Å². The summed E-state index contributed by atoms with van der Waals surface area (Å²) in [6.45, 7) is 5.99. The zero-order chi connectivity index (χ0) is 19.0. The summed E-state index contributed by atoms with van der Waals surface area (Å²) in [6.07, 6.45) is 1.64. The van der Waals surface area contributed by atoms with Crippen molar-refractivity contribution in [2.24, 2.45) is 5.92 Å². The Labute approximate surface area is 155 Å². The van der Waals surface area contributed by atoms with E-state index in [0.717, 1.165) is 11.4 Å². The first kappa shape index (κ1) is 17.1. The van der Waals surface area contributed by atoms with E-state index >= 15 is 0 Å². The molecule has 0 saturated heterocycles. The van der Waals surface area contributed by atoms with Crippen LogP contribution in [0, 0.1) is 5.92 Å². The number of pyridine rings is 1. The fourth-order valence-electron chi connectivity index (χ4n) is 3.12. The van der Waals surface area contributed by atoms with E-state index in [0.29, 0.717) is 37.4 Å². The molecule has 0 bridgehead atoms. The first-order valence-corrected chi connectivity index (χ1v) is 8.81. The van der Waals surface area contributed by atoms with E-state index in [2.05, 4.69) is 25.9 Å². The largest absolute Gasteiger partial charge is 0.346 e. The van der Waals surface area contributed by atoms with Gasteiger partial charge in [-0.3, -0.25) is 14.3 Å². The molecule has 0 aromatic carbocycles. The second-order valence-electron chi connectivity index (χ2n) is 6.84. The molecule has 1 N–H and O–H groups in total. The highest BCUT2D eigenvalue weighted by atomic mass is 16.2. The molecule has 0 fully saturated rings. The lowest BCUT2D eigenvalue weighted by Crippen LogP contribution is -2.40. The minimum Gasteiger partial charge on any atom is -0.346 e. The van der Waals surface area contributed by atoms with Crippen LogP contribution in [0.5, 0.6) is 0 Å². The lowest BCUT2D eigenvalue weighted by atomic mass is 10.1. The van der Waals surface area contributed by atoms with Gasteiger partial charge in [0.25, 0.3) is 5.91 Å². The van der Waals surface area contributed by atoms with Gasteiger partial charge in [0.1, 0.15) is 0 Å². The minimum atomic E-state index is -0.219. The SMILES string of the molecule is CC(C)C(=O)N1CCn2nc(CNC(=O)c3ccn4nnnc4c3)cc2C1. The van der Waals surface area contributed by atoms with Crippen LogP contribution in [-0.4, -0.2) is 53.1 Å². The number of rotatable bonds is 4. The van der Waals surface area contributed by atoms with Gasteiger partial charge in [0.2, 0.25) is 5.91 Å². The average molecular weight is 368 g/mol. The Morgan fingerprint density at radius 2 is 2.11 bits per heavy atom. The van der Waals surface area contributed by atoms with Crippen LogP contribution in [0.15, 0.2) is 24.4 Å². The molecule has 0 atom stereocenters. The quantitative estimate of drug-likeness (QED) is 0.707. The van der Waals surface area contributed by atoms with Gasteiger partial charge in [-0.05, 0) is 28.6 Å². The molecule has 0 unspecified atom stereocenters. The predicted octanol–water partition coefficient (Wildman–Crippen LogP) is 0.249. The first-order valence-electron chi connectivity index (χ1n) is 8.81. The van der Waals surface area contributed by atoms with E-state index in [4.69, 9.17) is 0 Å². The Morgan fingerprint density at radius 3 is 2.93 bits per heavy atom. The molecule has 10 heteroatoms. The predicted molar refractivity (Wildman–Crippen MR) is 94.4 cm³/mol. The van der Waals surface area contributed by atoms with E-state index in [-0.39, 0.29) is 17.7 Å². The Bertz CT molecular complexity index is 1010. The van der Waals surface area contributed by atoms with E-state index < -0.39 is 0 Å². The highest BCUT2D eigenvalue weighted by Gasteiger charge is 2.24. The third kappa shape index (κ3) is 3.37. The Morgan fingerprint density at radius 1 is 1.26 bits per heavy atom. The lowest BCUT2D eigenvalue weighted by molar-refractivity contribution is -0.136. The van der Waals surface area contributed by atoms with Crippen molar-refractivity contribution < 1.29 is 9.59 Å². The molecular weight excluding hydrogens is 348 g/mol. The Kier molecular flexibility index (Phi) is 4.30. The van der Waals surface area contributed by atoms with Crippen LogP contribution in [0.25, 0.3) is 5.65 Å². The Hall–Kier alpha value is -3.30. The number of tetrazole rings is 1. The number of carbonyl (C=O) groups is 2. The first-order chi connectivity index (χ1) is 13.0. The van der Waals surface area contributed by atoms with Crippen molar-refractivity contribution in [3.05, 3.63) is 41.3 Å². The van der Waals surface area contributed by atoms with Gasteiger partial charge in [-0.1, -0.05) is 13.8 Å². The van der Waals surface area contributed by atoms with E-state index in [1.807, 2.05) is 29.5 Å². The monoisotopic (exact) mass is 368 g/mol. The molecule has 27 heavy (non-hydrogen) atoms. The van der Waals surface area contributed by atoms with Crippen LogP contribution in [0.2, 0.25) is 0 Å². The number of fused-ring (bicyclic) bond motifs is 2. The number of nitrogens with zero attached hydrogens (tertiary/aromatic N) is 7. The van der Waals surface area contributed by atoms with Crippen molar-refractivity contribution in [1.29, 1.82) is 0 Å². The standard InChI is InChI=1S/C17H20N8O2/c1-11(2)17(27)23-5-6-24-14(10-23)8-13(20-24)9-18-16(26)12-3-4-25-15(7-12)19-21-22-25/h3-4,7-8,11H,5-6,9-10H2,1-2H3,(H,18,26). The van der Waals surface area contributed by atoms with Crippen molar-refractivity contribution in [3.63, 3.8) is 0 Å². The third-order valence-corrected chi connectivity index (χ3v) is 4.54. The minimum absolute atomic E-state index is 0.0175. The summed E-state index contributed by atoms with van der Waals surface area (Å²) in [5.74, 6) is -0.0881. The summed E-state index contributed by atoms with van der Waals surface area (Å²) in [7, 11) is 0. The number of carbonyl (C=O) groups excluding carboxylic acids is 2. The molecule has 0 radical (unpaired) electrons. The molecule has 2 amide bonds. The van der Waals surface area contributed by atoms with Crippen molar-refractivity contribution in [1.82, 2.24) is 40.0 Å². The van der Waals surface area contributed by atoms with Crippen molar-refractivity contribution in [2.45, 2.75) is 33.5 Å². The second kappa shape index (κ2) is 6.78. The van der Waals surface area contributed by atoms with Crippen molar-refractivity contribution in [3.8, 4) is 0 Å². The molecule has 1 aliphatic rings. The van der Waals surface area contributed by atoms with E-state index in [1.165, 1.54) is 4.52 Å². The fraction of sp³-hybridized carbons (Fsp3) is 0.412. The van der Waals surface area contributed by atoms with Gasteiger partial charge in [0, 0.05) is 24.2 Å². The number of nitrogens with one attached hydrogen (secondary N) is 1. The molecule has 4 rings (SSSR count). The van der Waals surface area contributed by atoms with E-state index in [1.54, 1.807) is 18.3 Å². The van der Waals surface area contributed by atoms with Crippen LogP contribution in [0.3, 0.4) is 0 Å². The number of aromatic nitrogens is 6. The second-order valence-corrected chi connectivity index (χ2v) is 6.84. The highest BCUT2D eigenvalue weighted by Crippen LogP contribution is 2.16. The summed E-state index contributed by atoms with van der Waals surface area (Å²) >= 11 is 0. The molecule has 10 nitrogen and oxygen atoms in total. The zero-order valence-electron chi connectivity index (χ0n) is 15.2. The van der Waals surface area contributed by atoms with Crippen LogP contribution in [-0.2, 0) is 24.4 Å². The smallest absolute Gasteiger partial charge is 0.251 e. The molecule has 140 valence electrons. The van der Waals surface area contributed by atoms with Gasteiger partial charge in [0.15, 0.2) is 5.65 Å². The molecule has 3 aromatic rings. The molecule has 0 spiro atoms. The molecular formula is C17H20N8O2. The lowest BCUT2D eigenvalue weighted by Gasteiger charge is -2.29. The summed E-state index contributed by atoms with van der Waals surface area (Å²) in [6, 6.07) is 5.22. The third-order valence-electron chi connectivity index (χ3n) is 4.54. The van der Waals surface area contributed by atoms with Gasteiger partial charge in [-0.25, -0.2) is 4.52 Å². The molecule has 0 saturated carbocycles.